The lowest BCUT2D eigenvalue weighted by atomic mass is 10.2. The average Bonchev–Trinajstić information content (AvgIpc) is 2.53. The summed E-state index contributed by atoms with van der Waals surface area (Å²) in [5, 5.41) is 23.0. The van der Waals surface area contributed by atoms with Gasteiger partial charge < -0.3 is 14.8 Å². The molecule has 0 fully saturated rings. The van der Waals surface area contributed by atoms with E-state index in [0.29, 0.717) is 11.5 Å². The molecule has 0 aliphatic heterocycles. The van der Waals surface area contributed by atoms with Crippen LogP contribution in [-0.2, 0) is 0 Å². The number of rotatable bonds is 2. The van der Waals surface area contributed by atoms with Crippen molar-refractivity contribution in [2.24, 2.45) is 10.3 Å². The van der Waals surface area contributed by atoms with Crippen molar-refractivity contribution in [1.29, 1.82) is 0 Å². The first-order valence-electron chi connectivity index (χ1n) is 3.67. The highest BCUT2D eigenvalue weighted by Gasteiger charge is 2.12. The maximum Gasteiger partial charge on any atom is 0.169 e. The zero-order valence-corrected chi connectivity index (χ0v) is 7.35. The van der Waals surface area contributed by atoms with Crippen molar-refractivity contribution in [3.8, 4) is 0 Å². The van der Waals surface area contributed by atoms with Gasteiger partial charge in [-0.2, -0.15) is 0 Å². The predicted octanol–water partition coefficient (Wildman–Crippen LogP) is 1.62. The first-order chi connectivity index (χ1) is 6.19. The highest BCUT2D eigenvalue weighted by molar-refractivity contribution is 6.46. The summed E-state index contributed by atoms with van der Waals surface area (Å²) in [5.74, 6) is 1.07. The molecule has 5 nitrogen and oxygen atoms in total. The fraction of sp³-hybridized carbons (Fsp3) is 0.250. The Morgan fingerprint density at radius 1 is 1.31 bits per heavy atom. The van der Waals surface area contributed by atoms with E-state index in [4.69, 9.17) is 14.8 Å². The minimum absolute atomic E-state index is 0.121. The van der Waals surface area contributed by atoms with Crippen molar-refractivity contribution in [1.82, 2.24) is 0 Å². The van der Waals surface area contributed by atoms with Gasteiger partial charge in [0.1, 0.15) is 11.5 Å². The van der Waals surface area contributed by atoms with Gasteiger partial charge in [-0.05, 0) is 26.0 Å². The summed E-state index contributed by atoms with van der Waals surface area (Å²) in [4.78, 5) is 0. The van der Waals surface area contributed by atoms with Crippen LogP contribution in [0.15, 0.2) is 26.9 Å². The van der Waals surface area contributed by atoms with Crippen LogP contribution >= 0.6 is 0 Å². The van der Waals surface area contributed by atoms with Gasteiger partial charge in [0.2, 0.25) is 0 Å². The molecule has 0 aliphatic rings. The van der Waals surface area contributed by atoms with Crippen LogP contribution in [0.3, 0.4) is 0 Å². The van der Waals surface area contributed by atoms with Crippen LogP contribution in [0.4, 0.5) is 0 Å². The van der Waals surface area contributed by atoms with E-state index in [1.165, 1.54) is 6.92 Å². The Bertz CT molecular complexity index is 352. The number of hydrogen-bond acceptors (Lipinski definition) is 5. The van der Waals surface area contributed by atoms with E-state index < -0.39 is 0 Å². The normalized spacial score (nSPS) is 13.4. The Balaban J connectivity index is 3.06. The summed E-state index contributed by atoms with van der Waals surface area (Å²) in [6.07, 6.45) is 0. The van der Waals surface area contributed by atoms with Gasteiger partial charge in [-0.15, -0.1) is 0 Å². The average molecular weight is 182 g/mol. The van der Waals surface area contributed by atoms with Gasteiger partial charge in [0, 0.05) is 0 Å². The molecule has 0 atom stereocenters. The van der Waals surface area contributed by atoms with Crippen LogP contribution in [0.1, 0.15) is 18.4 Å². The fourth-order valence-corrected chi connectivity index (χ4v) is 0.909. The molecule has 1 aromatic rings. The van der Waals surface area contributed by atoms with E-state index in [0.717, 1.165) is 0 Å². The summed E-state index contributed by atoms with van der Waals surface area (Å²) in [5.41, 5.74) is 0.312. The Morgan fingerprint density at radius 3 is 2.38 bits per heavy atom. The molecule has 2 N–H and O–H groups in total. The molecule has 70 valence electrons. The molecule has 13 heavy (non-hydrogen) atoms. The molecule has 0 unspecified atom stereocenters. The van der Waals surface area contributed by atoms with E-state index in [2.05, 4.69) is 10.3 Å². The molecule has 1 heterocycles. The summed E-state index contributed by atoms with van der Waals surface area (Å²) < 4.78 is 5.18. The molecule has 0 bridgehead atoms. The lowest BCUT2D eigenvalue weighted by Gasteiger charge is -1.96. The Labute approximate surface area is 75.0 Å². The maximum atomic E-state index is 8.63. The number of nitrogens with zero attached hydrogens (tertiary/aromatic N) is 2. The quantitative estimate of drug-likeness (QED) is 0.414. The van der Waals surface area contributed by atoms with Crippen molar-refractivity contribution in [2.45, 2.75) is 13.8 Å². The van der Waals surface area contributed by atoms with Crippen molar-refractivity contribution in [3.63, 3.8) is 0 Å². The summed E-state index contributed by atoms with van der Waals surface area (Å²) in [7, 11) is 0. The number of furan rings is 1. The van der Waals surface area contributed by atoms with Crippen LogP contribution in [0.25, 0.3) is 0 Å². The topological polar surface area (TPSA) is 78.3 Å². The molecule has 1 rings (SSSR count). The van der Waals surface area contributed by atoms with Crippen LogP contribution in [0.5, 0.6) is 0 Å². The van der Waals surface area contributed by atoms with Crippen molar-refractivity contribution < 1.29 is 14.8 Å². The van der Waals surface area contributed by atoms with Gasteiger partial charge in [-0.25, -0.2) is 0 Å². The maximum absolute atomic E-state index is 8.63. The van der Waals surface area contributed by atoms with E-state index in [9.17, 15) is 0 Å². The lowest BCUT2D eigenvalue weighted by molar-refractivity contribution is 0.313. The highest BCUT2D eigenvalue weighted by atomic mass is 16.4. The second kappa shape index (κ2) is 3.75. The molecule has 0 amide bonds. The standard InChI is InChI=1S/C8H10N2O3/c1-5-3-4-7(13-5)8(10-12)6(2)9-11/h3-4,11-12H,1-2H3/b9-6-,10-8-. The van der Waals surface area contributed by atoms with E-state index in [1.807, 2.05) is 0 Å². The lowest BCUT2D eigenvalue weighted by Crippen LogP contribution is -2.11. The Hall–Kier alpha value is -1.78. The molecule has 0 saturated carbocycles. The third-order valence-corrected chi connectivity index (χ3v) is 1.57. The molecule has 0 radical (unpaired) electrons. The van der Waals surface area contributed by atoms with Crippen molar-refractivity contribution >= 4 is 11.4 Å². The number of aryl methyl sites for hydroxylation is 1. The zero-order chi connectivity index (χ0) is 9.84. The Morgan fingerprint density at radius 2 is 2.00 bits per heavy atom. The highest BCUT2D eigenvalue weighted by Crippen LogP contribution is 2.08. The Kier molecular flexibility index (Phi) is 2.69. The van der Waals surface area contributed by atoms with Gasteiger partial charge in [-0.3, -0.25) is 0 Å². The summed E-state index contributed by atoms with van der Waals surface area (Å²) in [6.45, 7) is 3.27. The van der Waals surface area contributed by atoms with Gasteiger partial charge in [0.05, 0.1) is 0 Å². The molecule has 0 saturated heterocycles. The first kappa shape index (κ1) is 9.31. The van der Waals surface area contributed by atoms with Crippen LogP contribution in [0, 0.1) is 6.92 Å². The van der Waals surface area contributed by atoms with Crippen LogP contribution in [-0.4, -0.2) is 21.8 Å². The van der Waals surface area contributed by atoms with Gasteiger partial charge >= 0.3 is 0 Å². The molecule has 0 spiro atoms. The van der Waals surface area contributed by atoms with Gasteiger partial charge in [-0.1, -0.05) is 10.3 Å². The van der Waals surface area contributed by atoms with Crippen LogP contribution < -0.4 is 0 Å². The van der Waals surface area contributed by atoms with Gasteiger partial charge in [0.25, 0.3) is 0 Å². The van der Waals surface area contributed by atoms with E-state index >= 15 is 0 Å². The first-order valence-corrected chi connectivity index (χ1v) is 3.67. The third-order valence-electron chi connectivity index (χ3n) is 1.57. The van der Waals surface area contributed by atoms with Crippen molar-refractivity contribution in [3.05, 3.63) is 23.7 Å². The van der Waals surface area contributed by atoms with E-state index in [1.54, 1.807) is 19.1 Å². The second-order valence-corrected chi connectivity index (χ2v) is 2.54. The largest absolute Gasteiger partial charge is 0.460 e. The van der Waals surface area contributed by atoms with Gasteiger partial charge in [0.15, 0.2) is 11.5 Å². The molecule has 5 heteroatoms. The predicted molar refractivity (Wildman–Crippen MR) is 46.7 cm³/mol. The molecule has 0 aliphatic carbocycles. The summed E-state index contributed by atoms with van der Waals surface area (Å²) >= 11 is 0. The smallest absolute Gasteiger partial charge is 0.169 e. The number of oxime groups is 2. The monoisotopic (exact) mass is 182 g/mol. The van der Waals surface area contributed by atoms with Crippen molar-refractivity contribution in [2.75, 3.05) is 0 Å². The van der Waals surface area contributed by atoms with E-state index in [-0.39, 0.29) is 11.4 Å². The zero-order valence-electron chi connectivity index (χ0n) is 7.35. The second-order valence-electron chi connectivity index (χ2n) is 2.54. The minimum atomic E-state index is 0.121. The fourth-order valence-electron chi connectivity index (χ4n) is 0.909. The minimum Gasteiger partial charge on any atom is -0.460 e. The third kappa shape index (κ3) is 1.87. The summed E-state index contributed by atoms with van der Waals surface area (Å²) in [6, 6.07) is 3.37. The van der Waals surface area contributed by atoms with Crippen LogP contribution in [0.2, 0.25) is 0 Å². The molecule has 1 aromatic heterocycles. The SMILES string of the molecule is CC(=N/O)/C(=N/O)c1ccc(C)o1. The molecule has 0 aromatic carbocycles. The molecular weight excluding hydrogens is 172 g/mol. The number of hydrogen-bond donors (Lipinski definition) is 2. The molecular formula is C8H10N2O3.